The predicted molar refractivity (Wildman–Crippen MR) is 81.9 cm³/mol. The largest absolute Gasteiger partial charge is 0.313 e. The van der Waals surface area contributed by atoms with Gasteiger partial charge in [0.05, 0.1) is 4.90 Å². The molecule has 1 aromatic carbocycles. The van der Waals surface area contributed by atoms with Crippen molar-refractivity contribution in [3.05, 3.63) is 29.3 Å². The summed E-state index contributed by atoms with van der Waals surface area (Å²) in [5.41, 5.74) is 2.50. The Morgan fingerprint density at radius 2 is 2.00 bits per heavy atom. The van der Waals surface area contributed by atoms with Crippen molar-refractivity contribution in [2.24, 2.45) is 0 Å². The second-order valence-corrected chi connectivity index (χ2v) is 7.20. The maximum Gasteiger partial charge on any atom is 0.240 e. The van der Waals surface area contributed by atoms with Crippen molar-refractivity contribution in [3.63, 3.8) is 0 Å². The van der Waals surface area contributed by atoms with Gasteiger partial charge in [-0.1, -0.05) is 6.07 Å². The SMILES string of the molecule is Cl.O=S(=O)(NCC1CCCN1)c1ccc2c(c1)CCC2. The molecule has 20 heavy (non-hydrogen) atoms. The molecule has 4 nitrogen and oxygen atoms in total. The standard InChI is InChI=1S/C14H20N2O2S.ClH/c17-19(18,16-10-13-5-2-8-15-13)14-7-6-11-3-1-4-12(11)9-14;/h6-7,9,13,15-16H,1-5,8,10H2;1H. The molecule has 0 aromatic heterocycles. The first-order chi connectivity index (χ1) is 9.15. The summed E-state index contributed by atoms with van der Waals surface area (Å²) in [5, 5.41) is 3.30. The van der Waals surface area contributed by atoms with Gasteiger partial charge in [-0.2, -0.15) is 0 Å². The maximum absolute atomic E-state index is 12.2. The first-order valence-corrected chi connectivity index (χ1v) is 8.48. The van der Waals surface area contributed by atoms with Crippen LogP contribution in [0.25, 0.3) is 0 Å². The maximum atomic E-state index is 12.2. The number of hydrogen-bond donors (Lipinski definition) is 2. The van der Waals surface area contributed by atoms with Gasteiger partial charge in [0.2, 0.25) is 10.0 Å². The molecule has 1 fully saturated rings. The molecule has 1 unspecified atom stereocenters. The summed E-state index contributed by atoms with van der Waals surface area (Å²) in [6, 6.07) is 5.82. The number of halogens is 1. The second kappa shape index (κ2) is 6.43. The average Bonchev–Trinajstić information content (AvgIpc) is 3.06. The summed E-state index contributed by atoms with van der Waals surface area (Å²) in [7, 11) is -3.36. The van der Waals surface area contributed by atoms with Crippen LogP contribution in [0.4, 0.5) is 0 Å². The molecule has 1 aliphatic carbocycles. The fourth-order valence-corrected chi connectivity index (χ4v) is 4.07. The summed E-state index contributed by atoms with van der Waals surface area (Å²) >= 11 is 0. The van der Waals surface area contributed by atoms with E-state index < -0.39 is 10.0 Å². The Kier molecular flexibility index (Phi) is 5.07. The Labute approximate surface area is 126 Å². The van der Waals surface area contributed by atoms with Gasteiger partial charge >= 0.3 is 0 Å². The molecule has 0 spiro atoms. The van der Waals surface area contributed by atoms with Crippen LogP contribution < -0.4 is 10.0 Å². The van der Waals surface area contributed by atoms with Crippen molar-refractivity contribution in [3.8, 4) is 0 Å². The van der Waals surface area contributed by atoms with Gasteiger partial charge in [0.15, 0.2) is 0 Å². The highest BCUT2D eigenvalue weighted by atomic mass is 35.5. The van der Waals surface area contributed by atoms with E-state index in [9.17, 15) is 8.42 Å². The average molecular weight is 317 g/mol. The Morgan fingerprint density at radius 1 is 1.20 bits per heavy atom. The van der Waals surface area contributed by atoms with Crippen LogP contribution in [0, 0.1) is 0 Å². The molecule has 0 radical (unpaired) electrons. The molecule has 1 aliphatic heterocycles. The lowest BCUT2D eigenvalue weighted by molar-refractivity contribution is 0.551. The summed E-state index contributed by atoms with van der Waals surface area (Å²) in [5.74, 6) is 0. The van der Waals surface area contributed by atoms with E-state index in [2.05, 4.69) is 10.0 Å². The zero-order chi connectivity index (χ0) is 13.3. The van der Waals surface area contributed by atoms with Crippen LogP contribution in [0.3, 0.4) is 0 Å². The number of aryl methyl sites for hydroxylation is 2. The highest BCUT2D eigenvalue weighted by Gasteiger charge is 2.21. The van der Waals surface area contributed by atoms with Crippen LogP contribution in [0.1, 0.15) is 30.4 Å². The van der Waals surface area contributed by atoms with Crippen LogP contribution in [0.2, 0.25) is 0 Å². The molecule has 3 rings (SSSR count). The van der Waals surface area contributed by atoms with Crippen molar-refractivity contribution in [1.82, 2.24) is 10.0 Å². The van der Waals surface area contributed by atoms with Gasteiger partial charge in [0, 0.05) is 12.6 Å². The van der Waals surface area contributed by atoms with Crippen LogP contribution in [0.5, 0.6) is 0 Å². The molecule has 0 bridgehead atoms. The van der Waals surface area contributed by atoms with Crippen LogP contribution in [-0.2, 0) is 22.9 Å². The highest BCUT2D eigenvalue weighted by Crippen LogP contribution is 2.24. The van der Waals surface area contributed by atoms with Gasteiger partial charge < -0.3 is 5.32 Å². The van der Waals surface area contributed by atoms with E-state index >= 15 is 0 Å². The van der Waals surface area contributed by atoms with Gasteiger partial charge in [-0.05, 0) is 61.9 Å². The molecule has 1 atom stereocenters. The van der Waals surface area contributed by atoms with Crippen LogP contribution in [0.15, 0.2) is 23.1 Å². The molecule has 6 heteroatoms. The molecule has 1 aromatic rings. The molecule has 0 amide bonds. The van der Waals surface area contributed by atoms with Crippen molar-refractivity contribution in [1.29, 1.82) is 0 Å². The third-order valence-electron chi connectivity index (χ3n) is 4.06. The molecular formula is C14H21ClN2O2S. The predicted octanol–water partition coefficient (Wildman–Crippen LogP) is 1.63. The van der Waals surface area contributed by atoms with Gasteiger partial charge in [-0.3, -0.25) is 0 Å². The van der Waals surface area contributed by atoms with Gasteiger partial charge in [0.1, 0.15) is 0 Å². The van der Waals surface area contributed by atoms with Crippen molar-refractivity contribution < 1.29 is 8.42 Å². The van der Waals surface area contributed by atoms with E-state index in [1.165, 1.54) is 11.1 Å². The second-order valence-electron chi connectivity index (χ2n) is 5.43. The first kappa shape index (κ1) is 15.8. The highest BCUT2D eigenvalue weighted by molar-refractivity contribution is 7.89. The van der Waals surface area contributed by atoms with Gasteiger partial charge in [0.25, 0.3) is 0 Å². The summed E-state index contributed by atoms with van der Waals surface area (Å²) in [6.45, 7) is 1.48. The minimum absolute atomic E-state index is 0. The first-order valence-electron chi connectivity index (χ1n) is 7.00. The number of rotatable bonds is 4. The minimum atomic E-state index is -3.36. The lowest BCUT2D eigenvalue weighted by atomic mass is 10.1. The molecule has 1 saturated heterocycles. The van der Waals surface area contributed by atoms with Crippen LogP contribution in [-0.4, -0.2) is 27.5 Å². The Hall–Kier alpha value is -0.620. The molecule has 1 heterocycles. The minimum Gasteiger partial charge on any atom is -0.313 e. The van der Waals surface area contributed by atoms with Crippen molar-refractivity contribution >= 4 is 22.4 Å². The summed E-state index contributed by atoms with van der Waals surface area (Å²) in [4.78, 5) is 0.408. The smallest absolute Gasteiger partial charge is 0.240 e. The molecule has 2 N–H and O–H groups in total. The van der Waals surface area contributed by atoms with Gasteiger partial charge in [-0.25, -0.2) is 13.1 Å². The van der Waals surface area contributed by atoms with Crippen molar-refractivity contribution in [2.75, 3.05) is 13.1 Å². The molecule has 2 aliphatic rings. The number of hydrogen-bond acceptors (Lipinski definition) is 3. The molecule has 0 saturated carbocycles. The summed E-state index contributed by atoms with van der Waals surface area (Å²) in [6.07, 6.45) is 5.40. The topological polar surface area (TPSA) is 58.2 Å². The quantitative estimate of drug-likeness (QED) is 0.887. The van der Waals surface area contributed by atoms with E-state index in [1.807, 2.05) is 12.1 Å². The number of nitrogens with one attached hydrogen (secondary N) is 2. The Bertz CT molecular complexity index is 569. The fraction of sp³-hybridized carbons (Fsp3) is 0.571. The zero-order valence-corrected chi connectivity index (χ0v) is 13.0. The zero-order valence-electron chi connectivity index (χ0n) is 11.4. The number of fused-ring (bicyclic) bond motifs is 1. The Balaban J connectivity index is 0.00000147. The molecular weight excluding hydrogens is 296 g/mol. The van der Waals surface area contributed by atoms with E-state index in [0.717, 1.165) is 38.6 Å². The van der Waals surface area contributed by atoms with Crippen LogP contribution >= 0.6 is 12.4 Å². The van der Waals surface area contributed by atoms with E-state index in [1.54, 1.807) is 6.07 Å². The Morgan fingerprint density at radius 3 is 2.75 bits per heavy atom. The third kappa shape index (κ3) is 3.34. The monoisotopic (exact) mass is 316 g/mol. The lowest BCUT2D eigenvalue weighted by Gasteiger charge is -2.12. The summed E-state index contributed by atoms with van der Waals surface area (Å²) < 4.78 is 27.2. The van der Waals surface area contributed by atoms with E-state index in [0.29, 0.717) is 11.4 Å². The number of benzene rings is 1. The van der Waals surface area contributed by atoms with E-state index in [-0.39, 0.29) is 18.4 Å². The molecule has 112 valence electrons. The number of sulfonamides is 1. The van der Waals surface area contributed by atoms with Gasteiger partial charge in [-0.15, -0.1) is 12.4 Å². The van der Waals surface area contributed by atoms with E-state index in [4.69, 9.17) is 0 Å². The fourth-order valence-electron chi connectivity index (χ4n) is 2.94. The third-order valence-corrected chi connectivity index (χ3v) is 5.48. The van der Waals surface area contributed by atoms with Crippen molar-refractivity contribution in [2.45, 2.75) is 43.0 Å². The lowest BCUT2D eigenvalue weighted by Crippen LogP contribution is -2.37. The normalized spacial score (nSPS) is 21.5.